The molecule has 0 saturated heterocycles. The Labute approximate surface area is 277 Å². The number of hydrogen-bond acceptors (Lipinski definition) is 2. The molecule has 6 aromatic carbocycles. The van der Waals surface area contributed by atoms with Crippen LogP contribution in [0.25, 0.3) is 71.7 Å². The first-order valence-corrected chi connectivity index (χ1v) is 17.2. The number of rotatable bonds is 3. The van der Waals surface area contributed by atoms with Crippen LogP contribution in [-0.2, 0) is 0 Å². The summed E-state index contributed by atoms with van der Waals surface area (Å²) in [7, 11) is 0. The predicted molar refractivity (Wildman–Crippen MR) is 199 cm³/mol. The number of aryl methyl sites for hydroxylation is 2. The van der Waals surface area contributed by atoms with Gasteiger partial charge in [0.1, 0.15) is 5.58 Å². The van der Waals surface area contributed by atoms with Crippen LogP contribution in [0.15, 0.2) is 149 Å². The van der Waals surface area contributed by atoms with Gasteiger partial charge in [0.2, 0.25) is 0 Å². The third kappa shape index (κ3) is 4.00. The second kappa shape index (κ2) is 10.1. The van der Waals surface area contributed by atoms with E-state index in [-0.39, 0.29) is 0 Å². The van der Waals surface area contributed by atoms with E-state index in [0.717, 1.165) is 38.8 Å². The lowest BCUT2D eigenvalue weighted by Gasteiger charge is -2.14. The molecule has 8 aromatic rings. The van der Waals surface area contributed by atoms with Gasteiger partial charge in [-0.15, -0.1) is 11.8 Å². The van der Waals surface area contributed by atoms with Crippen molar-refractivity contribution in [3.63, 3.8) is 0 Å². The summed E-state index contributed by atoms with van der Waals surface area (Å²) in [5.74, 6) is 0.424. The number of fused-ring (bicyclic) bond motifs is 9. The lowest BCUT2D eigenvalue weighted by atomic mass is 9.89. The van der Waals surface area contributed by atoms with Crippen molar-refractivity contribution in [1.29, 1.82) is 0 Å². The number of furan rings is 1. The first-order chi connectivity index (χ1) is 23.1. The van der Waals surface area contributed by atoms with E-state index in [1.54, 1.807) is 0 Å². The maximum absolute atomic E-state index is 7.05. The maximum Gasteiger partial charge on any atom is 0.159 e. The highest BCUT2D eigenvalue weighted by Crippen LogP contribution is 2.52. The van der Waals surface area contributed by atoms with Gasteiger partial charge in [-0.3, -0.25) is 0 Å². The van der Waals surface area contributed by atoms with E-state index in [0.29, 0.717) is 11.2 Å². The van der Waals surface area contributed by atoms with E-state index in [1.807, 2.05) is 11.8 Å². The number of para-hydroxylation sites is 1. The minimum absolute atomic E-state index is 0.424. The first kappa shape index (κ1) is 26.9. The maximum atomic E-state index is 7.05. The van der Waals surface area contributed by atoms with Gasteiger partial charge in [0.05, 0.1) is 16.7 Å². The molecule has 3 heteroatoms. The average Bonchev–Trinajstić information content (AvgIpc) is 3.77. The van der Waals surface area contributed by atoms with E-state index in [9.17, 15) is 0 Å². The largest absolute Gasteiger partial charge is 0.453 e. The second-order valence-electron chi connectivity index (χ2n) is 13.0. The summed E-state index contributed by atoms with van der Waals surface area (Å²) >= 11 is 1.99. The van der Waals surface area contributed by atoms with E-state index in [1.165, 1.54) is 54.5 Å². The molecule has 0 fully saturated rings. The fraction of sp³-hybridized carbons (Fsp3) is 0.0909. The topological polar surface area (TPSA) is 18.1 Å². The molecule has 1 aliphatic heterocycles. The summed E-state index contributed by atoms with van der Waals surface area (Å²) in [4.78, 5) is 1.39. The molecule has 0 saturated carbocycles. The second-order valence-corrected chi connectivity index (χ2v) is 14.2. The molecule has 0 amide bonds. The van der Waals surface area contributed by atoms with Crippen LogP contribution in [0, 0.1) is 13.8 Å². The highest BCUT2D eigenvalue weighted by Gasteiger charge is 2.33. The van der Waals surface area contributed by atoms with Crippen LogP contribution in [-0.4, -0.2) is 9.82 Å². The Morgan fingerprint density at radius 3 is 2.11 bits per heavy atom. The van der Waals surface area contributed by atoms with Crippen molar-refractivity contribution in [3.05, 3.63) is 156 Å². The van der Waals surface area contributed by atoms with Gasteiger partial charge < -0.3 is 8.98 Å². The van der Waals surface area contributed by atoms with Crippen molar-refractivity contribution in [1.82, 2.24) is 4.57 Å². The highest BCUT2D eigenvalue weighted by atomic mass is 32.2. The van der Waals surface area contributed by atoms with Crippen LogP contribution >= 0.6 is 11.8 Å². The number of benzene rings is 6. The third-order valence-corrected chi connectivity index (χ3v) is 11.4. The minimum atomic E-state index is 0.424. The van der Waals surface area contributed by atoms with Crippen LogP contribution in [0.2, 0.25) is 0 Å². The molecule has 2 unspecified atom stereocenters. The molecule has 0 bridgehead atoms. The zero-order valence-electron chi connectivity index (χ0n) is 26.2. The molecular formula is C44H31NOS. The zero-order chi connectivity index (χ0) is 31.2. The molecular weight excluding hydrogens is 591 g/mol. The summed E-state index contributed by atoms with van der Waals surface area (Å²) < 4.78 is 9.44. The monoisotopic (exact) mass is 621 g/mol. The quantitative estimate of drug-likeness (QED) is 0.195. The molecule has 2 aromatic heterocycles. The van der Waals surface area contributed by atoms with Gasteiger partial charge in [0, 0.05) is 43.2 Å². The van der Waals surface area contributed by atoms with Crippen LogP contribution < -0.4 is 0 Å². The number of hydrogen-bond donors (Lipinski definition) is 0. The molecule has 3 heterocycles. The minimum Gasteiger partial charge on any atom is -0.453 e. The summed E-state index contributed by atoms with van der Waals surface area (Å²) in [5.41, 5.74) is 14.0. The first-order valence-electron chi connectivity index (χ1n) is 16.3. The summed E-state index contributed by atoms with van der Waals surface area (Å²) in [6.45, 7) is 4.34. The predicted octanol–water partition coefficient (Wildman–Crippen LogP) is 12.3. The van der Waals surface area contributed by atoms with Crippen molar-refractivity contribution in [2.75, 3.05) is 0 Å². The van der Waals surface area contributed by atoms with Crippen molar-refractivity contribution < 1.29 is 4.42 Å². The fourth-order valence-electron chi connectivity index (χ4n) is 7.85. The third-order valence-electron chi connectivity index (χ3n) is 10.0. The fourth-order valence-corrected chi connectivity index (χ4v) is 9.33. The van der Waals surface area contributed by atoms with Gasteiger partial charge in [-0.25, -0.2) is 0 Å². The standard InChI is InChI=1S/C44H31NOS/c1-26-18-20-38-35(22-26)36-23-27(2)19-21-39(36)45(38)40-16-9-14-32-37-25-29(24-34(42(37)46-43(32)40)28-10-4-3-5-11-28)30-13-8-15-33-31-12-6-7-17-41(31)47-44(30)33/h3-25,31,41H,1-2H3. The Balaban J connectivity index is 1.27. The van der Waals surface area contributed by atoms with Crippen LogP contribution in [0.3, 0.4) is 0 Å². The highest BCUT2D eigenvalue weighted by molar-refractivity contribution is 8.00. The Kier molecular flexibility index (Phi) is 5.80. The SMILES string of the molecule is Cc1ccc2c(c1)c1cc(C)ccc1n2-c1cccc2c1oc1c(-c3ccccc3)cc(-c3cccc4c3SC3C=CC=CC43)cc12. The Morgan fingerprint density at radius 1 is 0.574 bits per heavy atom. The van der Waals surface area contributed by atoms with E-state index in [2.05, 4.69) is 158 Å². The van der Waals surface area contributed by atoms with Gasteiger partial charge >= 0.3 is 0 Å². The summed E-state index contributed by atoms with van der Waals surface area (Å²) in [5, 5.41) is 5.26. The van der Waals surface area contributed by atoms with Crippen molar-refractivity contribution in [3.8, 4) is 27.9 Å². The smallest absolute Gasteiger partial charge is 0.159 e. The molecule has 2 nitrogen and oxygen atoms in total. The molecule has 0 spiro atoms. The zero-order valence-corrected chi connectivity index (χ0v) is 27.0. The molecule has 224 valence electrons. The van der Waals surface area contributed by atoms with Gasteiger partial charge in [0.15, 0.2) is 5.58 Å². The van der Waals surface area contributed by atoms with Crippen LogP contribution in [0.4, 0.5) is 0 Å². The number of nitrogens with zero attached hydrogens (tertiary/aromatic N) is 1. The van der Waals surface area contributed by atoms with Crippen LogP contribution in [0.1, 0.15) is 22.6 Å². The van der Waals surface area contributed by atoms with Gasteiger partial charge in [-0.05, 0) is 78.6 Å². The number of allylic oxidation sites excluding steroid dienone is 3. The van der Waals surface area contributed by atoms with Crippen molar-refractivity contribution in [2.24, 2.45) is 0 Å². The Hall–Kier alpha value is -5.25. The van der Waals surface area contributed by atoms with E-state index in [4.69, 9.17) is 4.42 Å². The average molecular weight is 622 g/mol. The number of thioether (sulfide) groups is 1. The molecule has 2 atom stereocenters. The molecule has 0 radical (unpaired) electrons. The Bertz CT molecular complexity index is 2580. The molecule has 47 heavy (non-hydrogen) atoms. The van der Waals surface area contributed by atoms with E-state index >= 15 is 0 Å². The molecule has 0 N–H and O–H groups in total. The van der Waals surface area contributed by atoms with Crippen molar-refractivity contribution in [2.45, 2.75) is 29.9 Å². The van der Waals surface area contributed by atoms with Gasteiger partial charge in [-0.2, -0.15) is 0 Å². The van der Waals surface area contributed by atoms with Crippen molar-refractivity contribution >= 4 is 55.5 Å². The lowest BCUT2D eigenvalue weighted by molar-refractivity contribution is 0.667. The van der Waals surface area contributed by atoms with Crippen LogP contribution in [0.5, 0.6) is 0 Å². The summed E-state index contributed by atoms with van der Waals surface area (Å²) in [6, 6.07) is 42.4. The normalized spacial score (nSPS) is 16.9. The van der Waals surface area contributed by atoms with E-state index < -0.39 is 0 Å². The Morgan fingerprint density at radius 2 is 1.32 bits per heavy atom. The molecule has 1 aliphatic carbocycles. The lowest BCUT2D eigenvalue weighted by Crippen LogP contribution is -2.06. The van der Waals surface area contributed by atoms with Gasteiger partial charge in [0.25, 0.3) is 0 Å². The van der Waals surface area contributed by atoms with Gasteiger partial charge in [-0.1, -0.05) is 108 Å². The number of aromatic nitrogens is 1. The summed E-state index contributed by atoms with van der Waals surface area (Å²) in [6.07, 6.45) is 9.08. The molecule has 2 aliphatic rings. The molecule has 10 rings (SSSR count).